The lowest BCUT2D eigenvalue weighted by Crippen LogP contribution is -2.40. The van der Waals surface area contributed by atoms with Gasteiger partial charge in [0.15, 0.2) is 11.5 Å². The fourth-order valence-corrected chi connectivity index (χ4v) is 3.63. The van der Waals surface area contributed by atoms with Gasteiger partial charge in [-0.3, -0.25) is 4.79 Å². The number of alkyl halides is 3. The van der Waals surface area contributed by atoms with E-state index in [0.717, 1.165) is 30.7 Å². The molecule has 1 saturated carbocycles. The number of aromatic nitrogens is 1. The van der Waals surface area contributed by atoms with Gasteiger partial charge < -0.3 is 19.5 Å². The maximum Gasteiger partial charge on any atom is 0.417 e. The standard InChI is InChI=1S/C21H21F3N2O4/c22-21(23,24)14-2-8-20(25-11-14)30-16-5-3-15(4-6-16)26-19(27)10-13-1-7-17-18(9-13)29-12-28-17/h1-2,7-9,11,15-16H,3-6,10,12H2,(H,26,27). The van der Waals surface area contributed by atoms with Gasteiger partial charge in [0.05, 0.1) is 12.0 Å². The molecular formula is C21H21F3N2O4. The average Bonchev–Trinajstić information content (AvgIpc) is 3.17. The van der Waals surface area contributed by atoms with Crippen molar-refractivity contribution in [1.82, 2.24) is 10.3 Å². The highest BCUT2D eigenvalue weighted by Gasteiger charge is 2.31. The molecule has 1 aromatic heterocycles. The number of carbonyl (C=O) groups is 1. The molecule has 1 amide bonds. The number of pyridine rings is 1. The highest BCUT2D eigenvalue weighted by atomic mass is 19.4. The second kappa shape index (κ2) is 8.41. The number of benzene rings is 1. The topological polar surface area (TPSA) is 69.7 Å². The third-order valence-corrected chi connectivity index (χ3v) is 5.19. The van der Waals surface area contributed by atoms with Crippen LogP contribution in [0.15, 0.2) is 36.5 Å². The Hall–Kier alpha value is -2.97. The summed E-state index contributed by atoms with van der Waals surface area (Å²) in [6, 6.07) is 7.69. The first-order valence-electron chi connectivity index (χ1n) is 9.74. The predicted molar refractivity (Wildman–Crippen MR) is 100 cm³/mol. The minimum absolute atomic E-state index is 0.0481. The lowest BCUT2D eigenvalue weighted by Gasteiger charge is -2.29. The van der Waals surface area contributed by atoms with E-state index in [0.29, 0.717) is 24.3 Å². The zero-order chi connectivity index (χ0) is 21.1. The van der Waals surface area contributed by atoms with Gasteiger partial charge in [-0.1, -0.05) is 6.07 Å². The Morgan fingerprint density at radius 1 is 1.10 bits per heavy atom. The van der Waals surface area contributed by atoms with E-state index >= 15 is 0 Å². The van der Waals surface area contributed by atoms with Crippen LogP contribution in [0.25, 0.3) is 0 Å². The number of ether oxygens (including phenoxy) is 3. The van der Waals surface area contributed by atoms with Crippen LogP contribution in [0.5, 0.6) is 17.4 Å². The second-order valence-electron chi connectivity index (χ2n) is 7.41. The van der Waals surface area contributed by atoms with E-state index in [2.05, 4.69) is 10.3 Å². The van der Waals surface area contributed by atoms with E-state index in [1.54, 1.807) is 6.07 Å². The predicted octanol–water partition coefficient (Wildman–Crippen LogP) is 3.88. The molecule has 2 heterocycles. The van der Waals surface area contributed by atoms with Crippen molar-refractivity contribution >= 4 is 5.91 Å². The SMILES string of the molecule is O=C(Cc1ccc2c(c1)OCO2)NC1CCC(Oc2ccc(C(F)(F)F)cn2)CC1. The Balaban J connectivity index is 1.22. The van der Waals surface area contributed by atoms with Crippen LogP contribution in [0.3, 0.4) is 0 Å². The minimum atomic E-state index is -4.41. The number of hydrogen-bond acceptors (Lipinski definition) is 5. The Bertz CT molecular complexity index is 894. The van der Waals surface area contributed by atoms with Crippen LogP contribution in [0.2, 0.25) is 0 Å². The largest absolute Gasteiger partial charge is 0.474 e. The number of fused-ring (bicyclic) bond motifs is 1. The van der Waals surface area contributed by atoms with Crippen LogP contribution in [0, 0.1) is 0 Å². The Morgan fingerprint density at radius 2 is 1.87 bits per heavy atom. The fraction of sp³-hybridized carbons (Fsp3) is 0.429. The number of hydrogen-bond donors (Lipinski definition) is 1. The molecule has 1 aliphatic heterocycles. The third-order valence-electron chi connectivity index (χ3n) is 5.19. The van der Waals surface area contributed by atoms with Crippen molar-refractivity contribution in [3.63, 3.8) is 0 Å². The first kappa shape index (κ1) is 20.3. The molecule has 1 N–H and O–H groups in total. The van der Waals surface area contributed by atoms with E-state index in [1.807, 2.05) is 12.1 Å². The molecule has 2 aliphatic rings. The lowest BCUT2D eigenvalue weighted by atomic mass is 9.92. The van der Waals surface area contributed by atoms with Crippen molar-refractivity contribution in [3.8, 4) is 17.4 Å². The maximum atomic E-state index is 12.6. The Morgan fingerprint density at radius 3 is 2.57 bits per heavy atom. The molecule has 0 atom stereocenters. The molecule has 160 valence electrons. The summed E-state index contributed by atoms with van der Waals surface area (Å²) in [5.74, 6) is 1.44. The van der Waals surface area contributed by atoms with Crippen LogP contribution in [0.1, 0.15) is 36.8 Å². The summed E-state index contributed by atoms with van der Waals surface area (Å²) in [6.45, 7) is 0.193. The number of amides is 1. The van der Waals surface area contributed by atoms with Gasteiger partial charge in [-0.25, -0.2) is 4.98 Å². The molecule has 1 aromatic carbocycles. The zero-order valence-corrected chi connectivity index (χ0v) is 16.1. The smallest absolute Gasteiger partial charge is 0.417 e. The van der Waals surface area contributed by atoms with Gasteiger partial charge in [-0.2, -0.15) is 13.2 Å². The van der Waals surface area contributed by atoms with Crippen LogP contribution >= 0.6 is 0 Å². The molecule has 0 unspecified atom stereocenters. The van der Waals surface area contributed by atoms with Crippen molar-refractivity contribution in [1.29, 1.82) is 0 Å². The van der Waals surface area contributed by atoms with Crippen molar-refractivity contribution in [3.05, 3.63) is 47.7 Å². The summed E-state index contributed by atoms with van der Waals surface area (Å²) in [5, 5.41) is 3.04. The van der Waals surface area contributed by atoms with E-state index < -0.39 is 11.7 Å². The van der Waals surface area contributed by atoms with Crippen molar-refractivity contribution in [2.45, 2.75) is 50.4 Å². The molecule has 0 spiro atoms. The third kappa shape index (κ3) is 4.95. The summed E-state index contributed by atoms with van der Waals surface area (Å²) in [7, 11) is 0. The number of nitrogens with one attached hydrogen (secondary N) is 1. The highest BCUT2D eigenvalue weighted by molar-refractivity contribution is 5.79. The van der Waals surface area contributed by atoms with Crippen molar-refractivity contribution < 1.29 is 32.2 Å². The van der Waals surface area contributed by atoms with E-state index in [9.17, 15) is 18.0 Å². The molecule has 2 aromatic rings. The van der Waals surface area contributed by atoms with Gasteiger partial charge in [0.2, 0.25) is 18.6 Å². The van der Waals surface area contributed by atoms with Crippen molar-refractivity contribution in [2.75, 3.05) is 6.79 Å². The van der Waals surface area contributed by atoms with Gasteiger partial charge in [-0.05, 0) is 49.4 Å². The van der Waals surface area contributed by atoms with Gasteiger partial charge in [0.1, 0.15) is 6.10 Å². The Labute approximate surface area is 171 Å². The van der Waals surface area contributed by atoms with Crippen LogP contribution in [-0.2, 0) is 17.4 Å². The van der Waals surface area contributed by atoms with E-state index in [-0.39, 0.29) is 37.1 Å². The van der Waals surface area contributed by atoms with Crippen LogP contribution in [-0.4, -0.2) is 29.8 Å². The fourth-order valence-electron chi connectivity index (χ4n) is 3.63. The number of carbonyl (C=O) groups excluding carboxylic acids is 1. The molecule has 0 bridgehead atoms. The Kier molecular flexibility index (Phi) is 5.69. The molecule has 0 saturated heterocycles. The molecule has 9 heteroatoms. The molecular weight excluding hydrogens is 401 g/mol. The normalized spacial score (nSPS) is 20.6. The van der Waals surface area contributed by atoms with Crippen LogP contribution in [0.4, 0.5) is 13.2 Å². The van der Waals surface area contributed by atoms with Crippen molar-refractivity contribution in [2.24, 2.45) is 0 Å². The lowest BCUT2D eigenvalue weighted by molar-refractivity contribution is -0.137. The molecule has 1 aliphatic carbocycles. The number of rotatable bonds is 5. The monoisotopic (exact) mass is 422 g/mol. The first-order chi connectivity index (χ1) is 14.4. The van der Waals surface area contributed by atoms with E-state index in [1.165, 1.54) is 6.07 Å². The number of nitrogens with zero attached hydrogens (tertiary/aromatic N) is 1. The number of halogens is 3. The average molecular weight is 422 g/mol. The molecule has 6 nitrogen and oxygen atoms in total. The quantitative estimate of drug-likeness (QED) is 0.792. The van der Waals surface area contributed by atoms with Gasteiger partial charge in [0.25, 0.3) is 0 Å². The molecule has 4 rings (SSSR count). The molecule has 1 fully saturated rings. The highest BCUT2D eigenvalue weighted by Crippen LogP contribution is 2.33. The van der Waals surface area contributed by atoms with Gasteiger partial charge in [-0.15, -0.1) is 0 Å². The van der Waals surface area contributed by atoms with Crippen LogP contribution < -0.4 is 19.5 Å². The summed E-state index contributed by atoms with van der Waals surface area (Å²) in [5.41, 5.74) is 0.0471. The first-order valence-corrected chi connectivity index (χ1v) is 9.74. The summed E-state index contributed by atoms with van der Waals surface area (Å²) in [6.07, 6.45) is -0.662. The molecule has 30 heavy (non-hydrogen) atoms. The summed E-state index contributed by atoms with van der Waals surface area (Å²) >= 11 is 0. The molecule has 0 radical (unpaired) electrons. The van der Waals surface area contributed by atoms with E-state index in [4.69, 9.17) is 14.2 Å². The summed E-state index contributed by atoms with van der Waals surface area (Å²) in [4.78, 5) is 16.1. The summed E-state index contributed by atoms with van der Waals surface area (Å²) < 4.78 is 54.1. The minimum Gasteiger partial charge on any atom is -0.474 e. The van der Waals surface area contributed by atoms with Gasteiger partial charge >= 0.3 is 6.18 Å². The maximum absolute atomic E-state index is 12.6. The second-order valence-corrected chi connectivity index (χ2v) is 7.41. The zero-order valence-electron chi connectivity index (χ0n) is 16.1. The van der Waals surface area contributed by atoms with Gasteiger partial charge in [0, 0.05) is 18.3 Å².